The first kappa shape index (κ1) is 48.3. The molecule has 1 saturated carbocycles. The van der Waals surface area contributed by atoms with Crippen molar-refractivity contribution in [3.8, 4) is 0 Å². The van der Waals surface area contributed by atoms with Gasteiger partial charge in [0.05, 0.1) is 0 Å². The van der Waals surface area contributed by atoms with Gasteiger partial charge in [0.15, 0.2) is 0 Å². The van der Waals surface area contributed by atoms with Crippen molar-refractivity contribution in [2.24, 2.45) is 29.1 Å². The summed E-state index contributed by atoms with van der Waals surface area (Å²) in [6.45, 7) is 37.2. The quantitative estimate of drug-likeness (QED) is 0.160. The van der Waals surface area contributed by atoms with Gasteiger partial charge >= 0.3 is 0 Å². The molecule has 0 heterocycles. The fraction of sp³-hybridized carbons (Fsp3) is 0.881. The standard InChI is InChI=1S/C15H29NO.C14H29NO.C13H25NO/c1-5-8-13(11-12-9-6-7-10-12)14(17)16-15(2,3)4;1-8-9-11(10-13(2,3)4)12(16)15-14(5,6)7;1-7-8-11(9-10(2)3)12(15)14-13(4,5)6/h12-13H,5-11H2,1-4H3,(H,16,17);11H,8-10H2,1-7H3,(H,15,16);11H,2,7-9H2,1,3-6H3,(H,14,15). The maximum atomic E-state index is 12.2. The Morgan fingerprint density at radius 1 is 0.604 bits per heavy atom. The van der Waals surface area contributed by atoms with E-state index in [1.165, 1.54) is 25.7 Å². The normalized spacial score (nSPS) is 15.9. The molecule has 0 saturated heterocycles. The van der Waals surface area contributed by atoms with Gasteiger partial charge in [0.25, 0.3) is 0 Å². The van der Waals surface area contributed by atoms with Gasteiger partial charge in [-0.1, -0.05) is 92.1 Å². The van der Waals surface area contributed by atoms with E-state index in [9.17, 15) is 14.4 Å². The average molecular weight is 678 g/mol. The lowest BCUT2D eigenvalue weighted by atomic mass is 9.82. The molecule has 1 rings (SSSR count). The molecule has 1 aliphatic rings. The molecule has 0 radical (unpaired) electrons. The highest BCUT2D eigenvalue weighted by Crippen LogP contribution is 2.32. The van der Waals surface area contributed by atoms with Crippen molar-refractivity contribution >= 4 is 17.7 Å². The lowest BCUT2D eigenvalue weighted by Crippen LogP contribution is -2.44. The van der Waals surface area contributed by atoms with Crippen molar-refractivity contribution in [3.63, 3.8) is 0 Å². The Hall–Kier alpha value is -1.85. The van der Waals surface area contributed by atoms with Gasteiger partial charge in [-0.25, -0.2) is 0 Å². The van der Waals surface area contributed by atoms with Crippen LogP contribution in [-0.4, -0.2) is 34.3 Å². The van der Waals surface area contributed by atoms with Gasteiger partial charge in [0.2, 0.25) is 17.7 Å². The molecule has 6 nitrogen and oxygen atoms in total. The number of rotatable bonds is 14. The van der Waals surface area contributed by atoms with Crippen LogP contribution in [0.2, 0.25) is 0 Å². The first-order valence-corrected chi connectivity index (χ1v) is 19.3. The van der Waals surface area contributed by atoms with Crippen molar-refractivity contribution in [2.75, 3.05) is 0 Å². The lowest BCUT2D eigenvalue weighted by molar-refractivity contribution is -0.128. The summed E-state index contributed by atoms with van der Waals surface area (Å²) in [5.74, 6) is 1.93. The average Bonchev–Trinajstić information content (AvgIpc) is 3.38. The molecule has 0 aromatic heterocycles. The first-order chi connectivity index (χ1) is 21.7. The number of amides is 3. The highest BCUT2D eigenvalue weighted by Gasteiger charge is 2.28. The number of nitrogens with one attached hydrogen (secondary N) is 3. The van der Waals surface area contributed by atoms with Gasteiger partial charge in [0.1, 0.15) is 0 Å². The Bertz CT molecular complexity index is 922. The third kappa shape index (κ3) is 28.0. The van der Waals surface area contributed by atoms with E-state index in [1.807, 2.05) is 48.5 Å². The second-order valence-corrected chi connectivity index (χ2v) is 19.0. The monoisotopic (exact) mass is 678 g/mol. The minimum Gasteiger partial charge on any atom is -0.351 e. The predicted octanol–water partition coefficient (Wildman–Crippen LogP) is 10.9. The highest BCUT2D eigenvalue weighted by atomic mass is 16.2. The molecule has 3 N–H and O–H groups in total. The minimum absolute atomic E-state index is 0.0896. The van der Waals surface area contributed by atoms with Gasteiger partial charge in [-0.2, -0.15) is 0 Å². The number of carbonyl (C=O) groups excluding carboxylic acids is 3. The van der Waals surface area contributed by atoms with Crippen LogP contribution in [0.1, 0.15) is 194 Å². The zero-order valence-electron chi connectivity index (χ0n) is 34.9. The summed E-state index contributed by atoms with van der Waals surface area (Å²) in [4.78, 5) is 36.3. The number of hydrogen-bond acceptors (Lipinski definition) is 3. The Kier molecular flexibility index (Phi) is 22.9. The second-order valence-electron chi connectivity index (χ2n) is 19.0. The fourth-order valence-corrected chi connectivity index (χ4v) is 6.28. The molecule has 0 bridgehead atoms. The molecule has 3 unspecified atom stereocenters. The van der Waals surface area contributed by atoms with Crippen LogP contribution < -0.4 is 16.0 Å². The van der Waals surface area contributed by atoms with Crippen LogP contribution in [0.3, 0.4) is 0 Å². The molecule has 0 aliphatic heterocycles. The predicted molar refractivity (Wildman–Crippen MR) is 209 cm³/mol. The molecule has 48 heavy (non-hydrogen) atoms. The first-order valence-electron chi connectivity index (χ1n) is 19.3. The summed E-state index contributed by atoms with van der Waals surface area (Å²) >= 11 is 0. The topological polar surface area (TPSA) is 87.3 Å². The molecule has 0 aromatic carbocycles. The smallest absolute Gasteiger partial charge is 0.223 e. The van der Waals surface area contributed by atoms with Crippen LogP contribution in [0.4, 0.5) is 0 Å². The SMILES string of the molecule is C=C(C)CC(CCC)C(=O)NC(C)(C)C.CCCC(CC(C)(C)C)C(=O)NC(C)(C)C.CCCC(CC1CCCC1)C(=O)NC(C)(C)C. The molecule has 0 aromatic rings. The highest BCUT2D eigenvalue weighted by molar-refractivity contribution is 5.80. The Labute approximate surface area is 299 Å². The molecule has 6 heteroatoms. The summed E-state index contributed by atoms with van der Waals surface area (Å²) in [5, 5.41) is 9.26. The van der Waals surface area contributed by atoms with E-state index >= 15 is 0 Å². The van der Waals surface area contributed by atoms with Gasteiger partial charge in [0, 0.05) is 34.4 Å². The van der Waals surface area contributed by atoms with Gasteiger partial charge in [-0.3, -0.25) is 14.4 Å². The van der Waals surface area contributed by atoms with E-state index in [0.29, 0.717) is 0 Å². The van der Waals surface area contributed by atoms with E-state index in [2.05, 4.69) is 84.8 Å². The van der Waals surface area contributed by atoms with Crippen molar-refractivity contribution < 1.29 is 14.4 Å². The van der Waals surface area contributed by atoms with Crippen LogP contribution >= 0.6 is 0 Å². The number of allylic oxidation sites excluding steroid dienone is 1. The third-order valence-electron chi connectivity index (χ3n) is 8.06. The van der Waals surface area contributed by atoms with Gasteiger partial charge < -0.3 is 16.0 Å². The lowest BCUT2D eigenvalue weighted by Gasteiger charge is -2.29. The van der Waals surface area contributed by atoms with Crippen LogP contribution in [0.5, 0.6) is 0 Å². The molecule has 0 spiro atoms. The molecular weight excluding hydrogens is 594 g/mol. The number of carbonyl (C=O) groups is 3. The molecule has 3 amide bonds. The molecular formula is C42H83N3O3. The van der Waals surface area contributed by atoms with E-state index < -0.39 is 0 Å². The molecule has 1 fully saturated rings. The zero-order chi connectivity index (χ0) is 37.9. The summed E-state index contributed by atoms with van der Waals surface area (Å²) < 4.78 is 0. The van der Waals surface area contributed by atoms with E-state index in [4.69, 9.17) is 0 Å². The van der Waals surface area contributed by atoms with Crippen molar-refractivity contribution in [1.29, 1.82) is 0 Å². The van der Waals surface area contributed by atoms with E-state index in [-0.39, 0.29) is 57.5 Å². The zero-order valence-corrected chi connectivity index (χ0v) is 34.9. The Balaban J connectivity index is 0. The third-order valence-corrected chi connectivity index (χ3v) is 8.06. The summed E-state index contributed by atoms with van der Waals surface area (Å²) in [5.41, 5.74) is 0.935. The Morgan fingerprint density at radius 3 is 1.27 bits per heavy atom. The van der Waals surface area contributed by atoms with Gasteiger partial charge in [-0.15, -0.1) is 6.58 Å². The summed E-state index contributed by atoms with van der Waals surface area (Å²) in [6, 6.07) is 0. The second kappa shape index (κ2) is 22.8. The van der Waals surface area contributed by atoms with Crippen molar-refractivity contribution in [1.82, 2.24) is 16.0 Å². The minimum atomic E-state index is -0.141. The summed E-state index contributed by atoms with van der Waals surface area (Å²) in [7, 11) is 0. The van der Waals surface area contributed by atoms with Crippen LogP contribution in [0.25, 0.3) is 0 Å². The van der Waals surface area contributed by atoms with Crippen LogP contribution in [0, 0.1) is 29.1 Å². The van der Waals surface area contributed by atoms with Crippen LogP contribution in [0.15, 0.2) is 12.2 Å². The fourth-order valence-electron chi connectivity index (χ4n) is 6.28. The largest absolute Gasteiger partial charge is 0.351 e. The van der Waals surface area contributed by atoms with Crippen molar-refractivity contribution in [2.45, 2.75) is 211 Å². The maximum Gasteiger partial charge on any atom is 0.223 e. The molecule has 284 valence electrons. The van der Waals surface area contributed by atoms with Gasteiger partial charge in [-0.05, 0) is 119 Å². The van der Waals surface area contributed by atoms with E-state index in [1.54, 1.807) is 0 Å². The molecule has 3 atom stereocenters. The van der Waals surface area contributed by atoms with E-state index in [0.717, 1.165) is 69.3 Å². The summed E-state index contributed by atoms with van der Waals surface area (Å²) in [6.07, 6.45) is 14.4. The Morgan fingerprint density at radius 2 is 0.938 bits per heavy atom. The maximum absolute atomic E-state index is 12.2. The van der Waals surface area contributed by atoms with Crippen LogP contribution in [-0.2, 0) is 14.4 Å². The van der Waals surface area contributed by atoms with Crippen molar-refractivity contribution in [3.05, 3.63) is 12.2 Å². The molecule has 1 aliphatic carbocycles. The number of hydrogen-bond donors (Lipinski definition) is 3.